The van der Waals surface area contributed by atoms with Crippen molar-refractivity contribution in [1.29, 1.82) is 0 Å². The average Bonchev–Trinajstić information content (AvgIpc) is 3.49. The quantitative estimate of drug-likeness (QED) is 0.261. The number of aromatic amines is 1. The molecule has 0 unspecified atom stereocenters. The molecule has 0 radical (unpaired) electrons. The molecule has 34 heavy (non-hydrogen) atoms. The van der Waals surface area contributed by atoms with E-state index < -0.39 is 11.7 Å². The van der Waals surface area contributed by atoms with Gasteiger partial charge in [0.2, 0.25) is 17.6 Å². The lowest BCUT2D eigenvalue weighted by atomic mass is 10.1. The molecule has 0 spiro atoms. The second-order valence-corrected chi connectivity index (χ2v) is 8.18. The van der Waals surface area contributed by atoms with Crippen molar-refractivity contribution in [2.24, 2.45) is 0 Å². The van der Waals surface area contributed by atoms with Gasteiger partial charge in [0.15, 0.2) is 0 Å². The second kappa shape index (κ2) is 8.64. The first-order chi connectivity index (χ1) is 16.4. The monoisotopic (exact) mass is 480 g/mol. The highest BCUT2D eigenvalue weighted by atomic mass is 32.1. The molecule has 2 aromatic carbocycles. The van der Waals surface area contributed by atoms with Crippen LogP contribution in [0.1, 0.15) is 20.8 Å². The molecule has 10 heteroatoms. The van der Waals surface area contributed by atoms with Crippen LogP contribution < -0.4 is 10.1 Å². The number of nitrogens with one attached hydrogen (secondary N) is 2. The highest BCUT2D eigenvalue weighted by Gasteiger charge is 2.30. The molecule has 0 amide bonds. The van der Waals surface area contributed by atoms with Gasteiger partial charge in [-0.2, -0.15) is 13.2 Å². The number of fused-ring (bicyclic) bond motifs is 1. The van der Waals surface area contributed by atoms with Crippen molar-refractivity contribution < 1.29 is 22.7 Å². The number of ketones is 1. The zero-order chi connectivity index (χ0) is 23.7. The minimum absolute atomic E-state index is 0.00193. The highest BCUT2D eigenvalue weighted by Crippen LogP contribution is 2.34. The Hall–Kier alpha value is -4.18. The topological polar surface area (TPSA) is 79.9 Å². The molecular formula is C24H15F3N4O2S. The minimum Gasteiger partial charge on any atom is -0.437 e. The third kappa shape index (κ3) is 4.48. The lowest BCUT2D eigenvalue weighted by Crippen LogP contribution is -2.04. The summed E-state index contributed by atoms with van der Waals surface area (Å²) in [7, 11) is 0. The third-order valence-electron chi connectivity index (χ3n) is 4.89. The number of thiophene rings is 1. The fourth-order valence-electron chi connectivity index (χ4n) is 3.30. The largest absolute Gasteiger partial charge is 0.437 e. The number of halogens is 3. The molecular weight excluding hydrogens is 465 g/mol. The summed E-state index contributed by atoms with van der Waals surface area (Å²) in [4.78, 5) is 25.0. The molecule has 0 atom stereocenters. The number of pyridine rings is 1. The summed E-state index contributed by atoms with van der Waals surface area (Å²) in [5.41, 5.74) is 1.39. The molecule has 3 heterocycles. The van der Waals surface area contributed by atoms with Gasteiger partial charge in [0, 0.05) is 11.8 Å². The maximum atomic E-state index is 13.0. The van der Waals surface area contributed by atoms with Gasteiger partial charge in [-0.15, -0.1) is 11.3 Å². The number of ether oxygens (including phenoxy) is 1. The SMILES string of the molecule is O=C(c1ccc2nc(Nc3cccnc3Oc3cccc(C(F)(F)F)c3)[nH]c2c1)c1cccs1. The molecule has 0 fully saturated rings. The van der Waals surface area contributed by atoms with Crippen molar-refractivity contribution in [3.8, 4) is 11.6 Å². The van der Waals surface area contributed by atoms with Gasteiger partial charge in [-0.05, 0) is 60.0 Å². The van der Waals surface area contributed by atoms with E-state index in [1.165, 1.54) is 29.7 Å². The summed E-state index contributed by atoms with van der Waals surface area (Å²) in [6.45, 7) is 0. The van der Waals surface area contributed by atoms with Crippen molar-refractivity contribution in [3.63, 3.8) is 0 Å². The Morgan fingerprint density at radius 3 is 2.71 bits per heavy atom. The fraction of sp³-hybridized carbons (Fsp3) is 0.0417. The Bertz CT molecular complexity index is 1480. The van der Waals surface area contributed by atoms with E-state index in [1.807, 2.05) is 11.4 Å². The number of carbonyl (C=O) groups excluding carboxylic acids is 1. The molecule has 0 bridgehead atoms. The molecule has 0 aliphatic carbocycles. The van der Waals surface area contributed by atoms with Crippen LogP contribution in [-0.4, -0.2) is 20.7 Å². The number of benzene rings is 2. The summed E-state index contributed by atoms with van der Waals surface area (Å²) in [5, 5.41) is 4.89. The van der Waals surface area contributed by atoms with E-state index in [-0.39, 0.29) is 17.4 Å². The first-order valence-electron chi connectivity index (χ1n) is 10.0. The van der Waals surface area contributed by atoms with E-state index in [0.29, 0.717) is 33.1 Å². The van der Waals surface area contributed by atoms with Crippen LogP contribution >= 0.6 is 11.3 Å². The van der Waals surface area contributed by atoms with Crippen LogP contribution in [0.3, 0.4) is 0 Å². The van der Waals surface area contributed by atoms with E-state index in [0.717, 1.165) is 12.1 Å². The summed E-state index contributed by atoms with van der Waals surface area (Å²) in [5.74, 6) is 0.358. The molecule has 5 rings (SSSR count). The number of imidazole rings is 1. The normalized spacial score (nSPS) is 11.5. The van der Waals surface area contributed by atoms with Gasteiger partial charge in [-0.1, -0.05) is 12.1 Å². The van der Waals surface area contributed by atoms with Crippen LogP contribution in [0.25, 0.3) is 11.0 Å². The molecule has 3 aromatic heterocycles. The van der Waals surface area contributed by atoms with Crippen molar-refractivity contribution >= 4 is 39.8 Å². The molecule has 170 valence electrons. The number of carbonyl (C=O) groups is 1. The Morgan fingerprint density at radius 1 is 1.03 bits per heavy atom. The van der Waals surface area contributed by atoms with Crippen LogP contribution in [-0.2, 0) is 6.18 Å². The maximum Gasteiger partial charge on any atom is 0.416 e. The summed E-state index contributed by atoms with van der Waals surface area (Å²) in [6.07, 6.45) is -3.02. The second-order valence-electron chi connectivity index (χ2n) is 7.23. The predicted octanol–water partition coefficient (Wildman–Crippen LogP) is 6.81. The van der Waals surface area contributed by atoms with Gasteiger partial charge in [0.25, 0.3) is 0 Å². The van der Waals surface area contributed by atoms with Crippen LogP contribution in [0.15, 0.2) is 78.3 Å². The number of aromatic nitrogens is 3. The number of H-pyrrole nitrogens is 1. The summed E-state index contributed by atoms with van der Waals surface area (Å²) in [6, 6.07) is 16.6. The van der Waals surface area contributed by atoms with E-state index in [4.69, 9.17) is 4.74 Å². The van der Waals surface area contributed by atoms with Crippen molar-refractivity contribution in [2.45, 2.75) is 6.18 Å². The number of alkyl halides is 3. The van der Waals surface area contributed by atoms with Gasteiger partial charge >= 0.3 is 6.18 Å². The Morgan fingerprint density at radius 2 is 1.91 bits per heavy atom. The molecule has 6 nitrogen and oxygen atoms in total. The van der Waals surface area contributed by atoms with E-state index in [9.17, 15) is 18.0 Å². The zero-order valence-corrected chi connectivity index (χ0v) is 18.1. The number of hydrogen-bond donors (Lipinski definition) is 2. The smallest absolute Gasteiger partial charge is 0.416 e. The number of anilines is 2. The standard InChI is InChI=1S/C24H15F3N4O2S/c25-24(26,27)15-4-1-5-16(13-15)33-22-18(6-2-10-28-22)30-23-29-17-9-8-14(12-19(17)31-23)21(32)20-7-3-11-34-20/h1-13H,(H2,29,30,31). The number of hydrogen-bond acceptors (Lipinski definition) is 6. The summed E-state index contributed by atoms with van der Waals surface area (Å²) < 4.78 is 44.7. The van der Waals surface area contributed by atoms with Crippen LogP contribution in [0.5, 0.6) is 11.6 Å². The lowest BCUT2D eigenvalue weighted by Gasteiger charge is -2.12. The van der Waals surface area contributed by atoms with E-state index in [2.05, 4.69) is 20.3 Å². The Kier molecular flexibility index (Phi) is 5.50. The number of nitrogens with zero attached hydrogens (tertiary/aromatic N) is 2. The van der Waals surface area contributed by atoms with Gasteiger partial charge in [0.05, 0.1) is 21.5 Å². The van der Waals surface area contributed by atoms with Gasteiger partial charge < -0.3 is 15.0 Å². The van der Waals surface area contributed by atoms with Crippen LogP contribution in [0, 0.1) is 0 Å². The molecule has 0 saturated carbocycles. The number of rotatable bonds is 6. The molecule has 5 aromatic rings. The van der Waals surface area contributed by atoms with Crippen molar-refractivity contribution in [2.75, 3.05) is 5.32 Å². The minimum atomic E-state index is -4.48. The van der Waals surface area contributed by atoms with Crippen LogP contribution in [0.4, 0.5) is 24.8 Å². The van der Waals surface area contributed by atoms with E-state index in [1.54, 1.807) is 36.4 Å². The predicted molar refractivity (Wildman–Crippen MR) is 123 cm³/mol. The first-order valence-corrected chi connectivity index (χ1v) is 10.9. The molecule has 2 N–H and O–H groups in total. The molecule has 0 saturated heterocycles. The first kappa shape index (κ1) is 21.7. The zero-order valence-electron chi connectivity index (χ0n) is 17.3. The van der Waals surface area contributed by atoms with Gasteiger partial charge in [0.1, 0.15) is 11.4 Å². The fourth-order valence-corrected chi connectivity index (χ4v) is 3.99. The Labute approximate surface area is 195 Å². The van der Waals surface area contributed by atoms with Gasteiger partial charge in [-0.3, -0.25) is 4.79 Å². The van der Waals surface area contributed by atoms with Crippen molar-refractivity contribution in [3.05, 3.63) is 94.3 Å². The Balaban J connectivity index is 1.40. The maximum absolute atomic E-state index is 13.0. The lowest BCUT2D eigenvalue weighted by molar-refractivity contribution is -0.137. The van der Waals surface area contributed by atoms with Crippen molar-refractivity contribution in [1.82, 2.24) is 15.0 Å². The van der Waals surface area contributed by atoms with Gasteiger partial charge in [-0.25, -0.2) is 9.97 Å². The average molecular weight is 480 g/mol. The highest BCUT2D eigenvalue weighted by molar-refractivity contribution is 7.12. The molecule has 0 aliphatic rings. The summed E-state index contributed by atoms with van der Waals surface area (Å²) >= 11 is 1.37. The molecule has 0 aliphatic heterocycles. The third-order valence-corrected chi connectivity index (χ3v) is 5.76. The van der Waals surface area contributed by atoms with E-state index >= 15 is 0 Å². The van der Waals surface area contributed by atoms with Crippen LogP contribution in [0.2, 0.25) is 0 Å².